The average molecular weight is 160 g/mol. The lowest BCUT2D eigenvalue weighted by Crippen LogP contribution is -1.90. The van der Waals surface area contributed by atoms with Crippen molar-refractivity contribution in [2.24, 2.45) is 0 Å². The lowest BCUT2D eigenvalue weighted by molar-refractivity contribution is 0.798. The smallest absolute Gasteiger partial charge is 0.0481 e. The van der Waals surface area contributed by atoms with Crippen LogP contribution in [0.3, 0.4) is 0 Å². The number of nitrogen functional groups attached to an aromatic ring is 1. The maximum Gasteiger partial charge on any atom is 0.0481 e. The second-order valence-electron chi connectivity index (χ2n) is 2.92. The Morgan fingerprint density at radius 1 is 1.33 bits per heavy atom. The molecule has 0 atom stereocenters. The Labute approximate surface area is 71.6 Å². The number of aromatic nitrogens is 1. The van der Waals surface area contributed by atoms with Crippen molar-refractivity contribution in [1.82, 2.24) is 4.57 Å². The maximum atomic E-state index is 5.67. The SMILES string of the molecule is CCn1ccc2cc(N)ccc21. The van der Waals surface area contributed by atoms with Crippen molar-refractivity contribution >= 4 is 16.6 Å². The molecule has 0 saturated carbocycles. The predicted molar refractivity (Wildman–Crippen MR) is 52.0 cm³/mol. The van der Waals surface area contributed by atoms with Gasteiger partial charge in [0, 0.05) is 29.3 Å². The molecule has 2 nitrogen and oxygen atoms in total. The van der Waals surface area contributed by atoms with Crippen LogP contribution in [0.15, 0.2) is 30.5 Å². The van der Waals surface area contributed by atoms with E-state index in [4.69, 9.17) is 5.73 Å². The van der Waals surface area contributed by atoms with E-state index in [1.165, 1.54) is 10.9 Å². The van der Waals surface area contributed by atoms with Crippen LogP contribution < -0.4 is 5.73 Å². The highest BCUT2D eigenvalue weighted by Gasteiger charge is 1.97. The van der Waals surface area contributed by atoms with Crippen LogP contribution in [0.1, 0.15) is 6.92 Å². The first-order valence-corrected chi connectivity index (χ1v) is 4.15. The summed E-state index contributed by atoms with van der Waals surface area (Å²) in [5, 5.41) is 1.22. The number of aryl methyl sites for hydroxylation is 1. The van der Waals surface area contributed by atoms with E-state index in [1.54, 1.807) is 0 Å². The summed E-state index contributed by atoms with van der Waals surface area (Å²) in [5.41, 5.74) is 7.75. The van der Waals surface area contributed by atoms with Gasteiger partial charge >= 0.3 is 0 Å². The summed E-state index contributed by atoms with van der Waals surface area (Å²) in [7, 11) is 0. The van der Waals surface area contributed by atoms with Crippen molar-refractivity contribution in [3.8, 4) is 0 Å². The van der Waals surface area contributed by atoms with Crippen LogP contribution in [-0.2, 0) is 6.54 Å². The van der Waals surface area contributed by atoms with Crippen molar-refractivity contribution in [2.75, 3.05) is 5.73 Å². The Kier molecular flexibility index (Phi) is 1.54. The molecule has 0 aliphatic carbocycles. The van der Waals surface area contributed by atoms with E-state index >= 15 is 0 Å². The number of hydrogen-bond donors (Lipinski definition) is 1. The topological polar surface area (TPSA) is 30.9 Å². The molecular weight excluding hydrogens is 148 g/mol. The Morgan fingerprint density at radius 3 is 2.92 bits per heavy atom. The molecule has 0 amide bonds. The molecule has 2 aromatic rings. The number of nitrogens with two attached hydrogens (primary N) is 1. The van der Waals surface area contributed by atoms with Gasteiger partial charge in [-0.25, -0.2) is 0 Å². The van der Waals surface area contributed by atoms with Gasteiger partial charge in [-0.2, -0.15) is 0 Å². The molecule has 2 N–H and O–H groups in total. The van der Waals surface area contributed by atoms with E-state index in [2.05, 4.69) is 29.8 Å². The van der Waals surface area contributed by atoms with Crippen molar-refractivity contribution in [1.29, 1.82) is 0 Å². The molecule has 62 valence electrons. The summed E-state index contributed by atoms with van der Waals surface area (Å²) in [4.78, 5) is 0. The van der Waals surface area contributed by atoms with Gasteiger partial charge in [-0.1, -0.05) is 0 Å². The van der Waals surface area contributed by atoms with Crippen LogP contribution in [0.4, 0.5) is 5.69 Å². The van der Waals surface area contributed by atoms with Crippen LogP contribution in [0.25, 0.3) is 10.9 Å². The van der Waals surface area contributed by atoms with Gasteiger partial charge in [-0.05, 0) is 31.2 Å². The van der Waals surface area contributed by atoms with E-state index < -0.39 is 0 Å². The molecule has 0 saturated heterocycles. The number of rotatable bonds is 1. The van der Waals surface area contributed by atoms with Crippen LogP contribution in [-0.4, -0.2) is 4.57 Å². The zero-order valence-electron chi connectivity index (χ0n) is 7.12. The quantitative estimate of drug-likeness (QED) is 0.637. The van der Waals surface area contributed by atoms with Gasteiger partial charge in [0.2, 0.25) is 0 Å². The van der Waals surface area contributed by atoms with Gasteiger partial charge in [-0.15, -0.1) is 0 Å². The molecule has 0 radical (unpaired) electrons. The molecule has 0 fully saturated rings. The molecule has 1 aromatic carbocycles. The zero-order valence-corrected chi connectivity index (χ0v) is 7.12. The fourth-order valence-corrected chi connectivity index (χ4v) is 1.49. The summed E-state index contributed by atoms with van der Waals surface area (Å²) in [6, 6.07) is 8.10. The van der Waals surface area contributed by atoms with Crippen molar-refractivity contribution in [3.05, 3.63) is 30.5 Å². The van der Waals surface area contributed by atoms with Gasteiger partial charge in [0.15, 0.2) is 0 Å². The summed E-state index contributed by atoms with van der Waals surface area (Å²) < 4.78 is 2.20. The lowest BCUT2D eigenvalue weighted by Gasteiger charge is -1.99. The van der Waals surface area contributed by atoms with Gasteiger partial charge in [-0.3, -0.25) is 0 Å². The molecule has 0 unspecified atom stereocenters. The Hall–Kier alpha value is -1.44. The molecule has 0 aliphatic heterocycles. The molecule has 1 aromatic heterocycles. The molecule has 0 bridgehead atoms. The van der Waals surface area contributed by atoms with E-state index in [0.29, 0.717) is 0 Å². The molecule has 0 spiro atoms. The Balaban J connectivity index is 2.73. The highest BCUT2D eigenvalue weighted by Crippen LogP contribution is 2.18. The first kappa shape index (κ1) is 7.22. The second-order valence-corrected chi connectivity index (χ2v) is 2.92. The highest BCUT2D eigenvalue weighted by atomic mass is 14.9. The van der Waals surface area contributed by atoms with Crippen LogP contribution in [0.5, 0.6) is 0 Å². The van der Waals surface area contributed by atoms with E-state index in [-0.39, 0.29) is 0 Å². The highest BCUT2D eigenvalue weighted by molar-refractivity contribution is 5.83. The lowest BCUT2D eigenvalue weighted by atomic mass is 10.2. The van der Waals surface area contributed by atoms with Gasteiger partial charge in [0.1, 0.15) is 0 Å². The minimum atomic E-state index is 0.830. The van der Waals surface area contributed by atoms with Crippen LogP contribution >= 0.6 is 0 Å². The van der Waals surface area contributed by atoms with E-state index in [9.17, 15) is 0 Å². The van der Waals surface area contributed by atoms with Crippen LogP contribution in [0.2, 0.25) is 0 Å². The zero-order chi connectivity index (χ0) is 8.55. The Morgan fingerprint density at radius 2 is 2.17 bits per heavy atom. The third kappa shape index (κ3) is 0.961. The number of anilines is 1. The van der Waals surface area contributed by atoms with Gasteiger partial charge < -0.3 is 10.3 Å². The van der Waals surface area contributed by atoms with E-state index in [0.717, 1.165) is 12.2 Å². The molecule has 2 heteroatoms. The predicted octanol–water partition coefficient (Wildman–Crippen LogP) is 2.24. The third-order valence-corrected chi connectivity index (χ3v) is 2.14. The number of fused-ring (bicyclic) bond motifs is 1. The standard InChI is InChI=1S/C10H12N2/c1-2-12-6-5-8-7-9(11)3-4-10(8)12/h3-7H,2,11H2,1H3. The van der Waals surface area contributed by atoms with Gasteiger partial charge in [0.05, 0.1) is 0 Å². The van der Waals surface area contributed by atoms with Crippen molar-refractivity contribution in [2.45, 2.75) is 13.5 Å². The fourth-order valence-electron chi connectivity index (χ4n) is 1.49. The molecular formula is C10H12N2. The van der Waals surface area contributed by atoms with E-state index in [1.807, 2.05) is 12.1 Å². The number of benzene rings is 1. The monoisotopic (exact) mass is 160 g/mol. The maximum absolute atomic E-state index is 5.67. The minimum absolute atomic E-state index is 0.830. The summed E-state index contributed by atoms with van der Waals surface area (Å²) in [6.45, 7) is 3.14. The number of hydrogen-bond acceptors (Lipinski definition) is 1. The second kappa shape index (κ2) is 2.55. The fraction of sp³-hybridized carbons (Fsp3) is 0.200. The third-order valence-electron chi connectivity index (χ3n) is 2.14. The van der Waals surface area contributed by atoms with Crippen molar-refractivity contribution < 1.29 is 0 Å². The summed E-state index contributed by atoms with van der Waals surface area (Å²) in [5.74, 6) is 0. The summed E-state index contributed by atoms with van der Waals surface area (Å²) in [6.07, 6.45) is 2.09. The minimum Gasteiger partial charge on any atom is -0.399 e. The van der Waals surface area contributed by atoms with Crippen LogP contribution in [0, 0.1) is 0 Å². The molecule has 0 aliphatic rings. The summed E-state index contributed by atoms with van der Waals surface area (Å²) >= 11 is 0. The Bertz CT molecular complexity index is 401. The van der Waals surface area contributed by atoms with Crippen molar-refractivity contribution in [3.63, 3.8) is 0 Å². The van der Waals surface area contributed by atoms with Gasteiger partial charge in [0.25, 0.3) is 0 Å². The first-order chi connectivity index (χ1) is 5.81. The average Bonchev–Trinajstić information content (AvgIpc) is 2.46. The first-order valence-electron chi connectivity index (χ1n) is 4.15. The molecule has 12 heavy (non-hydrogen) atoms. The number of nitrogens with zero attached hydrogens (tertiary/aromatic N) is 1. The molecule has 1 heterocycles. The normalized spacial score (nSPS) is 10.8. The molecule has 2 rings (SSSR count). The largest absolute Gasteiger partial charge is 0.399 e.